The van der Waals surface area contributed by atoms with E-state index in [9.17, 15) is 4.79 Å². The van der Waals surface area contributed by atoms with E-state index in [4.69, 9.17) is 4.52 Å². The van der Waals surface area contributed by atoms with Crippen LogP contribution < -0.4 is 5.32 Å². The molecular weight excluding hydrogens is 294 g/mol. The van der Waals surface area contributed by atoms with Gasteiger partial charge in [0.2, 0.25) is 0 Å². The van der Waals surface area contributed by atoms with Crippen molar-refractivity contribution in [2.75, 3.05) is 13.1 Å². The lowest BCUT2D eigenvalue weighted by atomic mass is 9.94. The standard InChI is InChI=1S/C16H23N5O2/c1-12-8-14(19-23-12)10-18-16(22)21-6-3-4-13(11-21)9-15-17-5-7-20(15)2/h5,7-8,13H,3-4,6,9-11H2,1-2H3,(H,18,22). The molecule has 124 valence electrons. The highest BCUT2D eigenvalue weighted by Gasteiger charge is 2.24. The molecule has 23 heavy (non-hydrogen) atoms. The topological polar surface area (TPSA) is 76.2 Å². The number of nitrogens with one attached hydrogen (secondary N) is 1. The van der Waals surface area contributed by atoms with Gasteiger partial charge in [-0.3, -0.25) is 0 Å². The predicted molar refractivity (Wildman–Crippen MR) is 84.7 cm³/mol. The van der Waals surface area contributed by atoms with Gasteiger partial charge >= 0.3 is 6.03 Å². The molecule has 7 nitrogen and oxygen atoms in total. The van der Waals surface area contributed by atoms with Gasteiger partial charge in [0.25, 0.3) is 0 Å². The number of urea groups is 1. The van der Waals surface area contributed by atoms with Gasteiger partial charge in [-0.05, 0) is 25.7 Å². The molecule has 0 bridgehead atoms. The molecule has 2 amide bonds. The summed E-state index contributed by atoms with van der Waals surface area (Å²) in [6.45, 7) is 3.82. The number of rotatable bonds is 4. The van der Waals surface area contributed by atoms with Crippen LogP contribution in [0, 0.1) is 12.8 Å². The molecule has 7 heteroatoms. The Bertz CT molecular complexity index is 663. The Balaban J connectivity index is 1.51. The predicted octanol–water partition coefficient (Wildman–Crippen LogP) is 1.88. The van der Waals surface area contributed by atoms with Crippen molar-refractivity contribution in [3.8, 4) is 0 Å². The molecule has 1 fully saturated rings. The summed E-state index contributed by atoms with van der Waals surface area (Å²) >= 11 is 0. The monoisotopic (exact) mass is 317 g/mol. The van der Waals surface area contributed by atoms with Crippen LogP contribution in [0.1, 0.15) is 30.1 Å². The van der Waals surface area contributed by atoms with Crippen LogP contribution in [-0.4, -0.2) is 38.7 Å². The Morgan fingerprint density at radius 3 is 3.09 bits per heavy atom. The number of aromatic nitrogens is 3. The Morgan fingerprint density at radius 1 is 1.52 bits per heavy atom. The molecule has 0 radical (unpaired) electrons. The van der Waals surface area contributed by atoms with Gasteiger partial charge in [0.1, 0.15) is 17.3 Å². The van der Waals surface area contributed by atoms with Crippen molar-refractivity contribution in [1.82, 2.24) is 24.9 Å². The van der Waals surface area contributed by atoms with Crippen molar-refractivity contribution in [3.05, 3.63) is 35.7 Å². The number of aryl methyl sites for hydroxylation is 2. The van der Waals surface area contributed by atoms with E-state index in [2.05, 4.69) is 15.5 Å². The number of nitrogens with zero attached hydrogens (tertiary/aromatic N) is 4. The summed E-state index contributed by atoms with van der Waals surface area (Å²) in [6, 6.07) is 1.80. The first-order valence-electron chi connectivity index (χ1n) is 8.03. The number of carbonyl (C=O) groups excluding carboxylic acids is 1. The van der Waals surface area contributed by atoms with E-state index >= 15 is 0 Å². The quantitative estimate of drug-likeness (QED) is 0.934. The average molecular weight is 317 g/mol. The van der Waals surface area contributed by atoms with E-state index in [-0.39, 0.29) is 6.03 Å². The highest BCUT2D eigenvalue weighted by Crippen LogP contribution is 2.20. The van der Waals surface area contributed by atoms with Crippen LogP contribution in [0.4, 0.5) is 4.79 Å². The van der Waals surface area contributed by atoms with Crippen molar-refractivity contribution < 1.29 is 9.32 Å². The van der Waals surface area contributed by atoms with E-state index in [1.807, 2.05) is 41.9 Å². The van der Waals surface area contributed by atoms with Crippen LogP contribution in [0.5, 0.6) is 0 Å². The fourth-order valence-electron chi connectivity index (χ4n) is 3.05. The Hall–Kier alpha value is -2.31. The van der Waals surface area contributed by atoms with Gasteiger partial charge < -0.3 is 19.3 Å². The first kappa shape index (κ1) is 15.6. The van der Waals surface area contributed by atoms with E-state index in [1.54, 1.807) is 0 Å². The fourth-order valence-corrected chi connectivity index (χ4v) is 3.05. The van der Waals surface area contributed by atoms with Crippen LogP contribution in [0.25, 0.3) is 0 Å². The summed E-state index contributed by atoms with van der Waals surface area (Å²) in [5.41, 5.74) is 0.748. The third-order valence-electron chi connectivity index (χ3n) is 4.30. The van der Waals surface area contributed by atoms with Crippen LogP contribution in [0.15, 0.2) is 23.0 Å². The van der Waals surface area contributed by atoms with Gasteiger partial charge in [0.05, 0.1) is 6.54 Å². The number of likely N-dealkylation sites (tertiary alicyclic amines) is 1. The zero-order valence-electron chi connectivity index (χ0n) is 13.7. The maximum absolute atomic E-state index is 12.3. The average Bonchev–Trinajstić information content (AvgIpc) is 3.14. The van der Waals surface area contributed by atoms with Gasteiger partial charge in [-0.1, -0.05) is 5.16 Å². The molecule has 1 saturated heterocycles. The van der Waals surface area contributed by atoms with Gasteiger partial charge in [-0.25, -0.2) is 9.78 Å². The summed E-state index contributed by atoms with van der Waals surface area (Å²) in [5.74, 6) is 2.29. The minimum atomic E-state index is -0.0322. The molecule has 1 N–H and O–H groups in total. The van der Waals surface area contributed by atoms with Crippen molar-refractivity contribution in [2.45, 2.75) is 32.7 Å². The van der Waals surface area contributed by atoms with Crippen LogP contribution in [-0.2, 0) is 20.0 Å². The van der Waals surface area contributed by atoms with Crippen molar-refractivity contribution >= 4 is 6.03 Å². The summed E-state index contributed by atoms with van der Waals surface area (Å²) < 4.78 is 7.05. The van der Waals surface area contributed by atoms with Crippen molar-refractivity contribution in [3.63, 3.8) is 0 Å². The number of carbonyl (C=O) groups is 1. The molecule has 0 aromatic carbocycles. The van der Waals surface area contributed by atoms with E-state index in [0.29, 0.717) is 12.5 Å². The summed E-state index contributed by atoms with van der Waals surface area (Å²) in [7, 11) is 2.01. The number of imidazole rings is 1. The number of piperidine rings is 1. The molecule has 1 atom stereocenters. The van der Waals surface area contributed by atoms with Crippen molar-refractivity contribution in [1.29, 1.82) is 0 Å². The maximum atomic E-state index is 12.3. The molecule has 1 aliphatic rings. The molecule has 2 aromatic heterocycles. The third kappa shape index (κ3) is 3.91. The molecule has 0 spiro atoms. The lowest BCUT2D eigenvalue weighted by molar-refractivity contribution is 0.164. The minimum Gasteiger partial charge on any atom is -0.361 e. The van der Waals surface area contributed by atoms with E-state index in [1.165, 1.54) is 0 Å². The van der Waals surface area contributed by atoms with Gasteiger partial charge in [0.15, 0.2) is 0 Å². The molecule has 3 rings (SSSR count). The third-order valence-corrected chi connectivity index (χ3v) is 4.30. The molecule has 1 aliphatic heterocycles. The molecule has 1 unspecified atom stereocenters. The lowest BCUT2D eigenvalue weighted by Crippen LogP contribution is -2.45. The first-order chi connectivity index (χ1) is 11.1. The number of amides is 2. The fraction of sp³-hybridized carbons (Fsp3) is 0.562. The molecule has 3 heterocycles. The maximum Gasteiger partial charge on any atom is 0.317 e. The SMILES string of the molecule is Cc1cc(CNC(=O)N2CCCC(Cc3nccn3C)C2)no1. The van der Waals surface area contributed by atoms with Gasteiger partial charge in [-0.15, -0.1) is 0 Å². The van der Waals surface area contributed by atoms with Crippen molar-refractivity contribution in [2.24, 2.45) is 13.0 Å². The van der Waals surface area contributed by atoms with Gasteiger partial charge in [0, 0.05) is 45.0 Å². The summed E-state index contributed by atoms with van der Waals surface area (Å²) in [5, 5.41) is 6.80. The Kier molecular flexibility index (Phi) is 4.64. The number of hydrogen-bond acceptors (Lipinski definition) is 4. The molecule has 0 aliphatic carbocycles. The summed E-state index contributed by atoms with van der Waals surface area (Å²) in [4.78, 5) is 18.6. The van der Waals surface area contributed by atoms with E-state index < -0.39 is 0 Å². The lowest BCUT2D eigenvalue weighted by Gasteiger charge is -2.32. The second-order valence-corrected chi connectivity index (χ2v) is 6.20. The minimum absolute atomic E-state index is 0.0322. The highest BCUT2D eigenvalue weighted by molar-refractivity contribution is 5.74. The molecule has 0 saturated carbocycles. The Morgan fingerprint density at radius 2 is 2.39 bits per heavy atom. The normalized spacial score (nSPS) is 18.2. The number of hydrogen-bond donors (Lipinski definition) is 1. The van der Waals surface area contributed by atoms with Crippen LogP contribution in [0.2, 0.25) is 0 Å². The Labute approximate surface area is 135 Å². The smallest absolute Gasteiger partial charge is 0.317 e. The highest BCUT2D eigenvalue weighted by atomic mass is 16.5. The van der Waals surface area contributed by atoms with E-state index in [0.717, 1.165) is 49.6 Å². The second kappa shape index (κ2) is 6.85. The first-order valence-corrected chi connectivity index (χ1v) is 8.03. The molecule has 2 aromatic rings. The summed E-state index contributed by atoms with van der Waals surface area (Å²) in [6.07, 6.45) is 6.87. The largest absolute Gasteiger partial charge is 0.361 e. The van der Waals surface area contributed by atoms with Gasteiger partial charge in [-0.2, -0.15) is 0 Å². The van der Waals surface area contributed by atoms with Crippen LogP contribution >= 0.6 is 0 Å². The van der Waals surface area contributed by atoms with Crippen LogP contribution in [0.3, 0.4) is 0 Å². The second-order valence-electron chi connectivity index (χ2n) is 6.20. The zero-order chi connectivity index (χ0) is 16.2. The zero-order valence-corrected chi connectivity index (χ0v) is 13.7. The molecular formula is C16H23N5O2.